The minimum atomic E-state index is -0.426. The minimum absolute atomic E-state index is 0.0476. The van der Waals surface area contributed by atoms with Crippen LogP contribution in [0.4, 0.5) is 11.4 Å². The monoisotopic (exact) mass is 665 g/mol. The summed E-state index contributed by atoms with van der Waals surface area (Å²) in [5, 5.41) is 16.6. The predicted molar refractivity (Wildman–Crippen MR) is 144 cm³/mol. The molecule has 1 heterocycles. The van der Waals surface area contributed by atoms with Gasteiger partial charge in [-0.3, -0.25) is 14.9 Å². The average Bonchev–Trinajstić information content (AvgIpc) is 3.08. The van der Waals surface area contributed by atoms with Crippen molar-refractivity contribution in [3.8, 4) is 5.75 Å². The topological polar surface area (TPSA) is 85.0 Å². The van der Waals surface area contributed by atoms with E-state index in [0.29, 0.717) is 17.9 Å². The number of nitrogens with zero attached hydrogens (tertiary/aromatic N) is 3. The Morgan fingerprint density at radius 1 is 1.06 bits per heavy atom. The first-order valence-electron chi connectivity index (χ1n) is 9.85. The first kappa shape index (κ1) is 23.4. The molecule has 0 N–H and O–H groups in total. The summed E-state index contributed by atoms with van der Waals surface area (Å²) in [6.07, 6.45) is 1.84. The van der Waals surface area contributed by atoms with Gasteiger partial charge in [0.25, 0.3) is 11.6 Å². The third-order valence-electron chi connectivity index (χ3n) is 4.93. The number of hydrogen-bond donors (Lipinski definition) is 0. The molecule has 0 bridgehead atoms. The zero-order valence-corrected chi connectivity index (χ0v) is 21.7. The van der Waals surface area contributed by atoms with Gasteiger partial charge in [-0.1, -0.05) is 18.2 Å². The fourth-order valence-electron chi connectivity index (χ4n) is 3.27. The van der Waals surface area contributed by atoms with E-state index in [9.17, 15) is 14.9 Å². The molecule has 0 radical (unpaired) electrons. The summed E-state index contributed by atoms with van der Waals surface area (Å²) in [5.74, 6) is 0.563. The second-order valence-corrected chi connectivity index (χ2v) is 9.55. The molecule has 0 atom stereocenters. The van der Waals surface area contributed by atoms with Crippen LogP contribution in [0, 0.1) is 17.3 Å². The lowest BCUT2D eigenvalue weighted by atomic mass is 10.1. The molecule has 0 saturated carbocycles. The van der Waals surface area contributed by atoms with Gasteiger partial charge in [0.05, 0.1) is 29.0 Å². The summed E-state index contributed by atoms with van der Waals surface area (Å²) in [5.41, 5.74) is 3.69. The minimum Gasteiger partial charge on any atom is -0.487 e. The third kappa shape index (κ3) is 5.24. The number of ether oxygens (including phenoxy) is 1. The molecule has 0 spiro atoms. The molecule has 0 aliphatic carbocycles. The number of amides is 1. The molecule has 0 unspecified atom stereocenters. The molecule has 3 aromatic carbocycles. The summed E-state index contributed by atoms with van der Waals surface area (Å²) in [4.78, 5) is 23.3. The van der Waals surface area contributed by atoms with Crippen LogP contribution >= 0.6 is 45.2 Å². The Labute approximate surface area is 217 Å². The molecule has 166 valence electrons. The van der Waals surface area contributed by atoms with Crippen molar-refractivity contribution in [2.75, 3.05) is 5.01 Å². The highest BCUT2D eigenvalue weighted by molar-refractivity contribution is 14.1. The number of nitro groups is 1. The fraction of sp³-hybridized carbons (Fsp3) is 0.0833. The van der Waals surface area contributed by atoms with E-state index >= 15 is 0 Å². The maximum atomic E-state index is 13.0. The van der Waals surface area contributed by atoms with E-state index in [4.69, 9.17) is 4.74 Å². The number of nitro benzene ring substituents is 1. The molecule has 1 amide bonds. The zero-order chi connectivity index (χ0) is 23.5. The molecule has 1 aliphatic rings. The average molecular weight is 665 g/mol. The lowest BCUT2D eigenvalue weighted by Gasteiger charge is -2.12. The number of para-hydroxylation sites is 1. The molecule has 7 nitrogen and oxygen atoms in total. The molecule has 3 aromatic rings. The molecule has 0 aromatic heterocycles. The smallest absolute Gasteiger partial charge is 0.280 e. The van der Waals surface area contributed by atoms with Gasteiger partial charge in [0.2, 0.25) is 0 Å². The Kier molecular flexibility index (Phi) is 7.08. The normalized spacial score (nSPS) is 14.5. The van der Waals surface area contributed by atoms with Crippen molar-refractivity contribution in [2.45, 2.75) is 13.5 Å². The van der Waals surface area contributed by atoms with Crippen molar-refractivity contribution in [3.63, 3.8) is 0 Å². The highest BCUT2D eigenvalue weighted by atomic mass is 127. The Balaban J connectivity index is 1.52. The second-order valence-electron chi connectivity index (χ2n) is 7.22. The standard InChI is InChI=1S/C24H17I2N3O4/c1-15-20(24(30)28(27-15)18-5-3-2-4-6-18)11-17-12-21(25)23(22(26)13-17)33-14-16-7-9-19(10-8-16)29(31)32/h2-13H,14H2,1H3/b20-11+. The lowest BCUT2D eigenvalue weighted by molar-refractivity contribution is -0.384. The van der Waals surface area contributed by atoms with Gasteiger partial charge in [-0.2, -0.15) is 10.1 Å². The van der Waals surface area contributed by atoms with Crippen molar-refractivity contribution in [1.82, 2.24) is 0 Å². The van der Waals surface area contributed by atoms with Crippen molar-refractivity contribution in [1.29, 1.82) is 0 Å². The molecule has 4 rings (SSSR count). The molecule has 1 aliphatic heterocycles. The Morgan fingerprint density at radius 2 is 1.70 bits per heavy atom. The van der Waals surface area contributed by atoms with E-state index in [1.165, 1.54) is 17.1 Å². The van der Waals surface area contributed by atoms with Gasteiger partial charge in [0.15, 0.2) is 0 Å². The molecule has 0 fully saturated rings. The number of carbonyl (C=O) groups excluding carboxylic acids is 1. The number of rotatable bonds is 6. The summed E-state index contributed by atoms with van der Waals surface area (Å²) in [7, 11) is 0. The van der Waals surface area contributed by atoms with Gasteiger partial charge in [-0.25, -0.2) is 0 Å². The van der Waals surface area contributed by atoms with Gasteiger partial charge in [-0.05, 0) is 106 Å². The molecular formula is C24H17I2N3O4. The van der Waals surface area contributed by atoms with Crippen LogP contribution in [-0.4, -0.2) is 16.5 Å². The Bertz CT molecular complexity index is 1270. The van der Waals surface area contributed by atoms with Crippen LogP contribution in [0.5, 0.6) is 5.75 Å². The number of halogens is 2. The second kappa shape index (κ2) is 10.00. The number of anilines is 1. The van der Waals surface area contributed by atoms with E-state index in [1.807, 2.05) is 55.5 Å². The van der Waals surface area contributed by atoms with E-state index in [1.54, 1.807) is 12.1 Å². The number of non-ortho nitro benzene ring substituents is 1. The Morgan fingerprint density at radius 3 is 2.30 bits per heavy atom. The van der Waals surface area contributed by atoms with Gasteiger partial charge in [0, 0.05) is 12.1 Å². The van der Waals surface area contributed by atoms with E-state index in [-0.39, 0.29) is 11.6 Å². The highest BCUT2D eigenvalue weighted by Crippen LogP contribution is 2.32. The summed E-state index contributed by atoms with van der Waals surface area (Å²) < 4.78 is 7.78. The highest BCUT2D eigenvalue weighted by Gasteiger charge is 2.28. The number of benzene rings is 3. The molecule has 33 heavy (non-hydrogen) atoms. The van der Waals surface area contributed by atoms with E-state index < -0.39 is 4.92 Å². The van der Waals surface area contributed by atoms with Crippen LogP contribution in [0.25, 0.3) is 6.08 Å². The number of hydrazone groups is 1. The molecule has 0 saturated heterocycles. The predicted octanol–water partition coefficient (Wildman–Crippen LogP) is 6.19. The lowest BCUT2D eigenvalue weighted by Crippen LogP contribution is -2.21. The number of carbonyl (C=O) groups is 1. The van der Waals surface area contributed by atoms with Crippen molar-refractivity contribution in [2.24, 2.45) is 5.10 Å². The van der Waals surface area contributed by atoms with Gasteiger partial charge in [-0.15, -0.1) is 0 Å². The van der Waals surface area contributed by atoms with Crippen LogP contribution in [0.3, 0.4) is 0 Å². The molecule has 9 heteroatoms. The van der Waals surface area contributed by atoms with Crippen molar-refractivity contribution >= 4 is 74.3 Å². The third-order valence-corrected chi connectivity index (χ3v) is 6.53. The Hall–Kier alpha value is -2.80. The van der Waals surface area contributed by atoms with Crippen LogP contribution in [-0.2, 0) is 11.4 Å². The van der Waals surface area contributed by atoms with Crippen LogP contribution in [0.2, 0.25) is 0 Å². The van der Waals surface area contributed by atoms with E-state index in [0.717, 1.165) is 29.7 Å². The summed E-state index contributed by atoms with van der Waals surface area (Å²) in [6, 6.07) is 19.5. The van der Waals surface area contributed by atoms with E-state index in [2.05, 4.69) is 50.3 Å². The van der Waals surface area contributed by atoms with Crippen LogP contribution < -0.4 is 9.75 Å². The quantitative estimate of drug-likeness (QED) is 0.136. The largest absolute Gasteiger partial charge is 0.487 e. The first-order chi connectivity index (χ1) is 15.8. The number of hydrogen-bond acceptors (Lipinski definition) is 5. The fourth-order valence-corrected chi connectivity index (χ4v) is 5.39. The van der Waals surface area contributed by atoms with Crippen LogP contribution in [0.1, 0.15) is 18.1 Å². The SMILES string of the molecule is CC1=NN(c2ccccc2)C(=O)/C1=C/c1cc(I)c(OCc2ccc([N+](=O)[O-])cc2)c(I)c1. The summed E-state index contributed by atoms with van der Waals surface area (Å²) >= 11 is 4.41. The maximum absolute atomic E-state index is 13.0. The first-order valence-corrected chi connectivity index (χ1v) is 12.0. The van der Waals surface area contributed by atoms with Gasteiger partial charge >= 0.3 is 0 Å². The van der Waals surface area contributed by atoms with Crippen LogP contribution in [0.15, 0.2) is 77.4 Å². The van der Waals surface area contributed by atoms with Crippen molar-refractivity contribution in [3.05, 3.63) is 101 Å². The summed E-state index contributed by atoms with van der Waals surface area (Å²) in [6.45, 7) is 2.12. The van der Waals surface area contributed by atoms with Gasteiger partial charge < -0.3 is 4.74 Å². The van der Waals surface area contributed by atoms with Gasteiger partial charge in [0.1, 0.15) is 12.4 Å². The maximum Gasteiger partial charge on any atom is 0.280 e. The van der Waals surface area contributed by atoms with Crippen molar-refractivity contribution < 1.29 is 14.5 Å². The zero-order valence-electron chi connectivity index (χ0n) is 17.4. The molecular weight excluding hydrogens is 648 g/mol.